The SMILES string of the molecule is CS(=O)(=O)c1ccc(-c2c(-c3ccc(S(N)(=O)=O)cc3)oc3ccccc3c2=O)cc1. The number of hydrogen-bond donors (Lipinski definition) is 1. The third kappa shape index (κ3) is 4.02. The van der Waals surface area contributed by atoms with Gasteiger partial charge in [0.05, 0.1) is 20.7 Å². The van der Waals surface area contributed by atoms with Crippen molar-refractivity contribution in [2.24, 2.45) is 5.14 Å². The standard InChI is InChI=1S/C22H17NO6S2/c1-30(25,26)16-10-6-14(7-11-16)20-21(24)18-4-2-3-5-19(18)29-22(20)15-8-12-17(13-9-15)31(23,27)28/h2-13H,1H3,(H2,23,27,28). The molecule has 9 heteroatoms. The Kier molecular flexibility index (Phi) is 5.04. The van der Waals surface area contributed by atoms with Crippen LogP contribution >= 0.6 is 0 Å². The number of sulfone groups is 1. The molecule has 0 aliphatic rings. The molecular formula is C22H17NO6S2. The van der Waals surface area contributed by atoms with Gasteiger partial charge >= 0.3 is 0 Å². The van der Waals surface area contributed by atoms with Crippen LogP contribution in [0.3, 0.4) is 0 Å². The van der Waals surface area contributed by atoms with Gasteiger partial charge in [-0.1, -0.05) is 24.3 Å². The summed E-state index contributed by atoms with van der Waals surface area (Å²) in [5.74, 6) is 0.233. The van der Waals surface area contributed by atoms with Crippen LogP contribution in [0.25, 0.3) is 33.4 Å². The van der Waals surface area contributed by atoms with Gasteiger partial charge in [0.1, 0.15) is 11.3 Å². The first-order valence-electron chi connectivity index (χ1n) is 9.05. The summed E-state index contributed by atoms with van der Waals surface area (Å²) < 4.78 is 52.7. The quantitative estimate of drug-likeness (QED) is 0.504. The second-order valence-corrected chi connectivity index (χ2v) is 10.6. The lowest BCUT2D eigenvalue weighted by Gasteiger charge is -2.11. The minimum Gasteiger partial charge on any atom is -0.455 e. The van der Waals surface area contributed by atoms with Crippen LogP contribution in [0.5, 0.6) is 0 Å². The van der Waals surface area contributed by atoms with Crippen LogP contribution in [0.1, 0.15) is 0 Å². The maximum Gasteiger partial charge on any atom is 0.238 e. The molecule has 0 aliphatic heterocycles. The molecule has 0 spiro atoms. The van der Waals surface area contributed by atoms with Crippen molar-refractivity contribution in [2.75, 3.05) is 6.26 Å². The molecule has 31 heavy (non-hydrogen) atoms. The van der Waals surface area contributed by atoms with Crippen LogP contribution in [-0.4, -0.2) is 23.1 Å². The van der Waals surface area contributed by atoms with Gasteiger partial charge in [-0.15, -0.1) is 0 Å². The van der Waals surface area contributed by atoms with Gasteiger partial charge in [0.15, 0.2) is 9.84 Å². The summed E-state index contributed by atoms with van der Waals surface area (Å²) in [6, 6.07) is 18.4. The monoisotopic (exact) mass is 455 g/mol. The van der Waals surface area contributed by atoms with Crippen LogP contribution in [-0.2, 0) is 19.9 Å². The fourth-order valence-corrected chi connectivity index (χ4v) is 4.42. The first-order valence-corrected chi connectivity index (χ1v) is 12.5. The summed E-state index contributed by atoms with van der Waals surface area (Å²) in [6.45, 7) is 0. The highest BCUT2D eigenvalue weighted by molar-refractivity contribution is 7.90. The van der Waals surface area contributed by atoms with Crippen molar-refractivity contribution in [2.45, 2.75) is 9.79 Å². The van der Waals surface area contributed by atoms with E-state index in [0.717, 1.165) is 6.26 Å². The second kappa shape index (κ2) is 7.45. The van der Waals surface area contributed by atoms with E-state index in [9.17, 15) is 21.6 Å². The van der Waals surface area contributed by atoms with Crippen LogP contribution in [0, 0.1) is 0 Å². The molecule has 0 bridgehead atoms. The van der Waals surface area contributed by atoms with E-state index in [-0.39, 0.29) is 26.5 Å². The van der Waals surface area contributed by atoms with Gasteiger partial charge in [0, 0.05) is 11.8 Å². The summed E-state index contributed by atoms with van der Waals surface area (Å²) in [5.41, 5.74) is 1.26. The summed E-state index contributed by atoms with van der Waals surface area (Å²) in [7, 11) is -7.27. The average molecular weight is 456 g/mol. The van der Waals surface area contributed by atoms with Crippen molar-refractivity contribution >= 4 is 30.8 Å². The topological polar surface area (TPSA) is 125 Å². The maximum atomic E-state index is 13.3. The Morgan fingerprint density at radius 1 is 0.742 bits per heavy atom. The molecule has 0 fully saturated rings. The zero-order valence-corrected chi connectivity index (χ0v) is 17.9. The van der Waals surface area contributed by atoms with Gasteiger partial charge in [0.2, 0.25) is 15.5 Å². The van der Waals surface area contributed by atoms with Crippen molar-refractivity contribution in [1.82, 2.24) is 0 Å². The summed E-state index contributed by atoms with van der Waals surface area (Å²) in [6.07, 6.45) is 1.10. The van der Waals surface area contributed by atoms with E-state index in [1.54, 1.807) is 36.4 Å². The van der Waals surface area contributed by atoms with Gasteiger partial charge < -0.3 is 4.42 Å². The molecule has 0 radical (unpaired) electrons. The fraction of sp³-hybridized carbons (Fsp3) is 0.0455. The molecular weight excluding hydrogens is 438 g/mol. The van der Waals surface area contributed by atoms with E-state index in [2.05, 4.69) is 0 Å². The Morgan fingerprint density at radius 2 is 1.29 bits per heavy atom. The lowest BCUT2D eigenvalue weighted by molar-refractivity contribution is 0.597. The number of benzene rings is 3. The van der Waals surface area contributed by atoms with Gasteiger partial charge in [-0.25, -0.2) is 22.0 Å². The van der Waals surface area contributed by atoms with E-state index in [1.165, 1.54) is 36.4 Å². The lowest BCUT2D eigenvalue weighted by Crippen LogP contribution is -2.12. The number of primary sulfonamides is 1. The first-order chi connectivity index (χ1) is 14.6. The maximum absolute atomic E-state index is 13.3. The number of rotatable bonds is 4. The smallest absolute Gasteiger partial charge is 0.238 e. The van der Waals surface area contributed by atoms with E-state index >= 15 is 0 Å². The van der Waals surface area contributed by atoms with Gasteiger partial charge in [-0.3, -0.25) is 4.79 Å². The average Bonchev–Trinajstić information content (AvgIpc) is 2.73. The molecule has 1 heterocycles. The van der Waals surface area contributed by atoms with Gasteiger partial charge in [-0.2, -0.15) is 0 Å². The summed E-state index contributed by atoms with van der Waals surface area (Å²) in [4.78, 5) is 13.4. The minimum atomic E-state index is -3.87. The van der Waals surface area contributed by atoms with Crippen LogP contribution in [0.4, 0.5) is 0 Å². The highest BCUT2D eigenvalue weighted by atomic mass is 32.2. The molecule has 0 amide bonds. The number of hydrogen-bond acceptors (Lipinski definition) is 6. The highest BCUT2D eigenvalue weighted by Crippen LogP contribution is 2.33. The van der Waals surface area contributed by atoms with Crippen LogP contribution < -0.4 is 10.6 Å². The van der Waals surface area contributed by atoms with E-state index < -0.39 is 19.9 Å². The Hall–Kier alpha value is -3.27. The Balaban J connectivity index is 2.00. The second-order valence-electron chi connectivity index (χ2n) is 7.00. The molecule has 0 saturated carbocycles. The Labute approximate surface area is 178 Å². The van der Waals surface area contributed by atoms with Gasteiger partial charge in [-0.05, 0) is 54.1 Å². The van der Waals surface area contributed by atoms with Crippen molar-refractivity contribution in [1.29, 1.82) is 0 Å². The van der Waals surface area contributed by atoms with Crippen molar-refractivity contribution < 1.29 is 21.3 Å². The fourth-order valence-electron chi connectivity index (χ4n) is 3.27. The van der Waals surface area contributed by atoms with Crippen molar-refractivity contribution in [3.63, 3.8) is 0 Å². The van der Waals surface area contributed by atoms with E-state index in [4.69, 9.17) is 9.56 Å². The first kappa shape index (κ1) is 21.0. The van der Waals surface area contributed by atoms with Crippen molar-refractivity contribution in [3.05, 3.63) is 83.0 Å². The lowest BCUT2D eigenvalue weighted by atomic mass is 9.98. The molecule has 7 nitrogen and oxygen atoms in total. The molecule has 0 unspecified atom stereocenters. The molecule has 0 atom stereocenters. The molecule has 1 aromatic heterocycles. The predicted molar refractivity (Wildman–Crippen MR) is 118 cm³/mol. The van der Waals surface area contributed by atoms with Crippen molar-refractivity contribution in [3.8, 4) is 22.5 Å². The third-order valence-electron chi connectivity index (χ3n) is 4.81. The van der Waals surface area contributed by atoms with Gasteiger partial charge in [0.25, 0.3) is 0 Å². The molecule has 4 rings (SSSR count). The number of fused-ring (bicyclic) bond motifs is 1. The van der Waals surface area contributed by atoms with E-state index in [1.807, 2.05) is 0 Å². The molecule has 158 valence electrons. The zero-order valence-electron chi connectivity index (χ0n) is 16.3. The third-order valence-corrected chi connectivity index (χ3v) is 6.87. The molecule has 0 aliphatic carbocycles. The van der Waals surface area contributed by atoms with Crippen LogP contribution in [0.15, 0.2) is 91.8 Å². The predicted octanol–water partition coefficient (Wildman–Crippen LogP) is 3.18. The number of para-hydroxylation sites is 1. The summed E-state index contributed by atoms with van der Waals surface area (Å²) in [5, 5.41) is 5.53. The normalized spacial score (nSPS) is 12.2. The zero-order chi connectivity index (χ0) is 22.4. The van der Waals surface area contributed by atoms with E-state index in [0.29, 0.717) is 22.1 Å². The summed E-state index contributed by atoms with van der Waals surface area (Å²) >= 11 is 0. The minimum absolute atomic E-state index is 0.0709. The van der Waals surface area contributed by atoms with Crippen LogP contribution in [0.2, 0.25) is 0 Å². The molecule has 0 saturated heterocycles. The highest BCUT2D eigenvalue weighted by Gasteiger charge is 2.19. The molecule has 4 aromatic rings. The molecule has 2 N–H and O–H groups in total. The molecule has 3 aromatic carbocycles. The number of sulfonamides is 1. The number of nitrogens with two attached hydrogens (primary N) is 1. The Morgan fingerprint density at radius 3 is 1.87 bits per heavy atom. The Bertz CT molecular complexity index is 1570. The largest absolute Gasteiger partial charge is 0.455 e.